The molecule has 0 spiro atoms. The van der Waals surface area contributed by atoms with Crippen molar-refractivity contribution in [1.82, 2.24) is 5.32 Å². The van der Waals surface area contributed by atoms with Crippen LogP contribution >= 0.6 is 0 Å². The zero-order chi connectivity index (χ0) is 33.1. The van der Waals surface area contributed by atoms with E-state index in [-0.39, 0.29) is 6.61 Å². The van der Waals surface area contributed by atoms with Crippen LogP contribution in [0.4, 0.5) is 0 Å². The van der Waals surface area contributed by atoms with Crippen LogP contribution in [0.1, 0.15) is 187 Å². The number of carbonyl (C=O) groups is 1. The number of hydrogen-bond acceptors (Lipinski definition) is 4. The van der Waals surface area contributed by atoms with Crippen molar-refractivity contribution < 1.29 is 20.1 Å². The van der Waals surface area contributed by atoms with Crippen LogP contribution in [0.5, 0.6) is 0 Å². The molecule has 1 amide bonds. The summed E-state index contributed by atoms with van der Waals surface area (Å²) in [6, 6.07) is -0.816. The molecule has 4 N–H and O–H groups in total. The Morgan fingerprint density at radius 2 is 0.911 bits per heavy atom. The minimum absolute atomic E-state index is 0.380. The molecule has 0 bridgehead atoms. The fourth-order valence-corrected chi connectivity index (χ4v) is 5.63. The van der Waals surface area contributed by atoms with Gasteiger partial charge in [-0.1, -0.05) is 179 Å². The van der Waals surface area contributed by atoms with Crippen LogP contribution in [-0.4, -0.2) is 46.1 Å². The summed E-state index contributed by atoms with van der Waals surface area (Å²) in [6.07, 6.45) is 43.0. The van der Waals surface area contributed by atoms with Gasteiger partial charge in [-0.25, -0.2) is 0 Å². The second-order valence-corrected chi connectivity index (χ2v) is 13.1. The van der Waals surface area contributed by atoms with Crippen molar-refractivity contribution in [3.05, 3.63) is 36.5 Å². The van der Waals surface area contributed by atoms with E-state index in [1.807, 2.05) is 6.08 Å². The highest BCUT2D eigenvalue weighted by molar-refractivity contribution is 5.80. The molecule has 5 nitrogen and oxygen atoms in total. The smallest absolute Gasteiger partial charge is 0.249 e. The summed E-state index contributed by atoms with van der Waals surface area (Å²) in [5, 5.41) is 32.9. The van der Waals surface area contributed by atoms with E-state index in [0.717, 1.165) is 44.9 Å². The Labute approximate surface area is 279 Å². The molecule has 0 saturated heterocycles. The van der Waals surface area contributed by atoms with Crippen LogP contribution in [0.2, 0.25) is 0 Å². The molecule has 0 aromatic heterocycles. The first-order valence-corrected chi connectivity index (χ1v) is 19.3. The molecular formula is C40H75NO4. The molecule has 0 fully saturated rings. The predicted molar refractivity (Wildman–Crippen MR) is 194 cm³/mol. The van der Waals surface area contributed by atoms with Crippen molar-refractivity contribution in [1.29, 1.82) is 0 Å². The molecule has 0 heterocycles. The number of nitrogens with one attached hydrogen (secondary N) is 1. The second-order valence-electron chi connectivity index (χ2n) is 13.1. The summed E-state index contributed by atoms with van der Waals surface area (Å²) in [6.45, 7) is 4.13. The average Bonchev–Trinajstić information content (AvgIpc) is 3.04. The number of amides is 1. The van der Waals surface area contributed by atoms with Gasteiger partial charge < -0.3 is 20.6 Å². The molecule has 0 radical (unpaired) electrons. The monoisotopic (exact) mass is 634 g/mol. The lowest BCUT2D eigenvalue weighted by Crippen LogP contribution is -2.48. The number of hydrogen-bond donors (Lipinski definition) is 4. The van der Waals surface area contributed by atoms with Gasteiger partial charge in [-0.3, -0.25) is 4.79 Å². The number of carbonyl (C=O) groups excluding carboxylic acids is 1. The maximum atomic E-state index is 12.4. The van der Waals surface area contributed by atoms with E-state index < -0.39 is 24.2 Å². The van der Waals surface area contributed by atoms with Crippen molar-refractivity contribution in [3.63, 3.8) is 0 Å². The van der Waals surface area contributed by atoms with E-state index in [0.29, 0.717) is 6.42 Å². The topological polar surface area (TPSA) is 89.8 Å². The van der Waals surface area contributed by atoms with Crippen LogP contribution in [0, 0.1) is 0 Å². The third-order valence-corrected chi connectivity index (χ3v) is 8.71. The van der Waals surface area contributed by atoms with Gasteiger partial charge in [-0.05, 0) is 44.9 Å². The third-order valence-electron chi connectivity index (χ3n) is 8.71. The molecule has 45 heavy (non-hydrogen) atoms. The second kappa shape index (κ2) is 35.4. The Morgan fingerprint density at radius 1 is 0.533 bits per heavy atom. The molecule has 264 valence electrons. The Balaban J connectivity index is 3.77. The number of unbranched alkanes of at least 4 members (excludes halogenated alkanes) is 22. The maximum absolute atomic E-state index is 12.4. The van der Waals surface area contributed by atoms with Crippen molar-refractivity contribution in [2.45, 2.75) is 205 Å². The minimum atomic E-state index is -1.10. The Kier molecular flexibility index (Phi) is 34.3. The number of aliphatic hydroxyl groups is 3. The van der Waals surface area contributed by atoms with Crippen LogP contribution in [-0.2, 0) is 4.79 Å². The van der Waals surface area contributed by atoms with Gasteiger partial charge in [-0.15, -0.1) is 0 Å². The molecule has 0 aromatic rings. The highest BCUT2D eigenvalue weighted by atomic mass is 16.3. The minimum Gasteiger partial charge on any atom is -0.394 e. The maximum Gasteiger partial charge on any atom is 0.249 e. The molecule has 0 aliphatic carbocycles. The zero-order valence-electron chi connectivity index (χ0n) is 29.7. The van der Waals surface area contributed by atoms with Crippen LogP contribution in [0.15, 0.2) is 36.5 Å². The average molecular weight is 634 g/mol. The Morgan fingerprint density at radius 3 is 1.36 bits per heavy atom. The van der Waals surface area contributed by atoms with Crippen molar-refractivity contribution >= 4 is 5.91 Å². The fourth-order valence-electron chi connectivity index (χ4n) is 5.63. The quantitative estimate of drug-likeness (QED) is 0.0419. The first kappa shape index (κ1) is 43.6. The lowest BCUT2D eigenvalue weighted by molar-refractivity contribution is -0.131. The molecular weight excluding hydrogens is 558 g/mol. The number of rotatable bonds is 34. The molecule has 0 saturated carbocycles. The predicted octanol–water partition coefficient (Wildman–Crippen LogP) is 10.4. The molecule has 0 aliphatic rings. The molecule has 0 rings (SSSR count). The van der Waals surface area contributed by atoms with Gasteiger partial charge in [-0.2, -0.15) is 0 Å². The van der Waals surface area contributed by atoms with Gasteiger partial charge in [0.1, 0.15) is 6.10 Å². The summed E-state index contributed by atoms with van der Waals surface area (Å²) in [5.41, 5.74) is 0. The van der Waals surface area contributed by atoms with E-state index >= 15 is 0 Å². The number of aliphatic hydroxyl groups excluding tert-OH is 3. The summed E-state index contributed by atoms with van der Waals surface area (Å²) >= 11 is 0. The zero-order valence-corrected chi connectivity index (χ0v) is 29.7. The third kappa shape index (κ3) is 31.0. The van der Waals surface area contributed by atoms with Crippen molar-refractivity contribution in [2.24, 2.45) is 0 Å². The van der Waals surface area contributed by atoms with E-state index in [2.05, 4.69) is 43.5 Å². The van der Waals surface area contributed by atoms with E-state index in [1.165, 1.54) is 122 Å². The summed E-state index contributed by atoms with van der Waals surface area (Å²) < 4.78 is 0. The van der Waals surface area contributed by atoms with E-state index in [1.54, 1.807) is 6.08 Å². The lowest BCUT2D eigenvalue weighted by atomic mass is 10.0. The van der Waals surface area contributed by atoms with Crippen LogP contribution in [0.25, 0.3) is 0 Å². The van der Waals surface area contributed by atoms with Crippen molar-refractivity contribution in [2.75, 3.05) is 6.61 Å². The first-order chi connectivity index (χ1) is 22.1. The van der Waals surface area contributed by atoms with Gasteiger partial charge in [0, 0.05) is 0 Å². The molecule has 0 aliphatic heterocycles. The normalized spacial score (nSPS) is 14.2. The summed E-state index contributed by atoms with van der Waals surface area (Å²) in [7, 11) is 0. The lowest BCUT2D eigenvalue weighted by Gasteiger charge is -2.21. The van der Waals surface area contributed by atoms with E-state index in [4.69, 9.17) is 0 Å². The molecule has 3 unspecified atom stereocenters. The van der Waals surface area contributed by atoms with Gasteiger partial charge in [0.05, 0.1) is 18.8 Å². The van der Waals surface area contributed by atoms with Crippen LogP contribution < -0.4 is 5.32 Å². The fraction of sp³-hybridized carbons (Fsp3) is 0.825. The number of allylic oxidation sites excluding steroid dienone is 5. The molecule has 0 aromatic carbocycles. The molecule has 5 heteroatoms. The van der Waals surface area contributed by atoms with E-state index in [9.17, 15) is 20.1 Å². The van der Waals surface area contributed by atoms with Gasteiger partial charge in [0.15, 0.2) is 0 Å². The standard InChI is InChI=1S/C40H75NO4/c1-3-5-7-9-11-13-15-17-19-20-21-23-25-27-29-31-33-35-39(44)40(45)41-37(36-42)38(43)34-32-30-28-26-24-22-18-16-14-12-10-8-6-4-2/h14,16,24,26,32,34,37-39,42-44H,3-13,15,17-23,25,27-31,33,35-36H2,1-2H3,(H,41,45)/b16-14+,26-24+,34-32+. The van der Waals surface area contributed by atoms with Gasteiger partial charge in [0.25, 0.3) is 0 Å². The first-order valence-electron chi connectivity index (χ1n) is 19.3. The highest BCUT2D eigenvalue weighted by Crippen LogP contribution is 2.15. The summed E-state index contributed by atoms with van der Waals surface area (Å²) in [4.78, 5) is 12.4. The molecule has 3 atom stereocenters. The van der Waals surface area contributed by atoms with Gasteiger partial charge in [0.2, 0.25) is 5.91 Å². The van der Waals surface area contributed by atoms with Gasteiger partial charge >= 0.3 is 0 Å². The largest absolute Gasteiger partial charge is 0.394 e. The van der Waals surface area contributed by atoms with Crippen LogP contribution in [0.3, 0.4) is 0 Å². The SMILES string of the molecule is CCCCCC/C=C/CC/C=C/CC/C=C/C(O)C(CO)NC(=O)C(O)CCCCCCCCCCCCCCCCCCC. The Hall–Kier alpha value is -1.43. The Bertz CT molecular complexity index is 704. The highest BCUT2D eigenvalue weighted by Gasteiger charge is 2.22. The van der Waals surface area contributed by atoms with Crippen molar-refractivity contribution in [3.8, 4) is 0 Å². The summed E-state index contributed by atoms with van der Waals surface area (Å²) in [5.74, 6) is -0.518.